The van der Waals surface area contributed by atoms with Crippen LogP contribution in [0.1, 0.15) is 15.9 Å². The van der Waals surface area contributed by atoms with E-state index >= 15 is 0 Å². The summed E-state index contributed by atoms with van der Waals surface area (Å²) >= 11 is 13.4. The normalized spacial score (nSPS) is 16.9. The van der Waals surface area contributed by atoms with Gasteiger partial charge in [0.1, 0.15) is 0 Å². The first-order valence-electron chi connectivity index (χ1n) is 9.34. The summed E-state index contributed by atoms with van der Waals surface area (Å²) in [6.45, 7) is 3.31. The highest BCUT2D eigenvalue weighted by Gasteiger charge is 2.21. The largest absolute Gasteiger partial charge is 0.374 e. The topological polar surface area (TPSA) is 97.5 Å². The number of benzene rings is 1. The fraction of sp³-hybridized carbons (Fsp3) is 0.350. The van der Waals surface area contributed by atoms with Crippen LogP contribution < -0.4 is 11.1 Å². The maximum Gasteiger partial charge on any atom is 0.250 e. The summed E-state index contributed by atoms with van der Waals surface area (Å²) in [6.07, 6.45) is 1.32. The van der Waals surface area contributed by atoms with E-state index in [0.29, 0.717) is 40.3 Å². The van der Waals surface area contributed by atoms with Crippen molar-refractivity contribution in [2.75, 3.05) is 32.0 Å². The fourth-order valence-corrected chi connectivity index (χ4v) is 3.97. The number of nitrogens with two attached hydrogens (primary N) is 1. The molecule has 7 nitrogen and oxygen atoms in total. The number of primary amides is 1. The molecule has 0 unspecified atom stereocenters. The van der Waals surface area contributed by atoms with Gasteiger partial charge in [-0.1, -0.05) is 41.0 Å². The Morgan fingerprint density at radius 1 is 1.27 bits per heavy atom. The van der Waals surface area contributed by atoms with Crippen LogP contribution in [-0.2, 0) is 16.1 Å². The Bertz CT molecular complexity index is 898. The summed E-state index contributed by atoms with van der Waals surface area (Å²) in [6, 6.07) is 8.89. The highest BCUT2D eigenvalue weighted by Crippen LogP contribution is 2.23. The number of pyridine rings is 1. The smallest absolute Gasteiger partial charge is 0.250 e. The molecule has 3 N–H and O–H groups in total. The van der Waals surface area contributed by atoms with Gasteiger partial charge in [0.2, 0.25) is 11.8 Å². The van der Waals surface area contributed by atoms with Crippen LogP contribution in [0.3, 0.4) is 0 Å². The third kappa shape index (κ3) is 6.85. The minimum Gasteiger partial charge on any atom is -0.374 e. The fourth-order valence-electron chi connectivity index (χ4n) is 2.97. The first-order chi connectivity index (χ1) is 14.4. The van der Waals surface area contributed by atoms with Crippen LogP contribution in [0, 0.1) is 0 Å². The summed E-state index contributed by atoms with van der Waals surface area (Å²) in [5.74, 6) is -0.411. The van der Waals surface area contributed by atoms with E-state index in [9.17, 15) is 9.59 Å². The summed E-state index contributed by atoms with van der Waals surface area (Å²) in [5, 5.41) is 4.64. The molecule has 0 bridgehead atoms. The van der Waals surface area contributed by atoms with Gasteiger partial charge in [0.15, 0.2) is 0 Å². The zero-order valence-corrected chi connectivity index (χ0v) is 18.5. The monoisotopic (exact) mass is 468 g/mol. The summed E-state index contributed by atoms with van der Waals surface area (Å²) in [4.78, 5) is 29.6. The summed E-state index contributed by atoms with van der Waals surface area (Å²) in [7, 11) is 0. The molecule has 2 amide bonds. The van der Waals surface area contributed by atoms with Gasteiger partial charge >= 0.3 is 0 Å². The van der Waals surface area contributed by atoms with Gasteiger partial charge < -0.3 is 15.8 Å². The lowest BCUT2D eigenvalue weighted by Crippen LogP contribution is -2.47. The number of halogens is 2. The Hall–Kier alpha value is -1.84. The molecule has 1 aliphatic heterocycles. The molecule has 1 atom stereocenters. The lowest BCUT2D eigenvalue weighted by Gasteiger charge is -2.33. The molecule has 1 aromatic heterocycles. The van der Waals surface area contributed by atoms with E-state index in [2.05, 4.69) is 15.2 Å². The van der Waals surface area contributed by atoms with E-state index in [1.165, 1.54) is 18.0 Å². The van der Waals surface area contributed by atoms with E-state index in [1.54, 1.807) is 18.2 Å². The third-order valence-electron chi connectivity index (χ3n) is 4.51. The van der Waals surface area contributed by atoms with Gasteiger partial charge in [-0.15, -0.1) is 0 Å². The molecule has 1 aliphatic rings. The molecular formula is C20H22Cl2N4O3S. The maximum atomic E-state index is 12.1. The molecule has 0 aliphatic carbocycles. The lowest BCUT2D eigenvalue weighted by molar-refractivity contribution is -0.119. The van der Waals surface area contributed by atoms with Crippen LogP contribution in [0.15, 0.2) is 41.6 Å². The molecule has 1 fully saturated rings. The van der Waals surface area contributed by atoms with Gasteiger partial charge in [-0.05, 0) is 29.8 Å². The Balaban J connectivity index is 1.40. The highest BCUT2D eigenvalue weighted by atomic mass is 35.5. The molecule has 0 saturated carbocycles. The number of aromatic nitrogens is 1. The first kappa shape index (κ1) is 22.8. The molecule has 0 spiro atoms. The molecular weight excluding hydrogens is 447 g/mol. The second kappa shape index (κ2) is 11.0. The lowest BCUT2D eigenvalue weighted by atomic mass is 10.2. The number of amides is 2. The van der Waals surface area contributed by atoms with Crippen molar-refractivity contribution in [3.05, 3.63) is 57.7 Å². The predicted octanol–water partition coefficient (Wildman–Crippen LogP) is 2.60. The molecule has 2 aromatic rings. The number of rotatable bonds is 8. The van der Waals surface area contributed by atoms with Crippen LogP contribution in [0.4, 0.5) is 0 Å². The van der Waals surface area contributed by atoms with Crippen molar-refractivity contribution in [3.63, 3.8) is 0 Å². The van der Waals surface area contributed by atoms with Crippen LogP contribution in [-0.4, -0.2) is 59.8 Å². The zero-order valence-electron chi connectivity index (χ0n) is 16.1. The number of ether oxygens (including phenoxy) is 1. The Labute approximate surface area is 189 Å². The minimum atomic E-state index is -0.530. The molecule has 10 heteroatoms. The number of hydrogen-bond donors (Lipinski definition) is 2. The van der Waals surface area contributed by atoms with E-state index in [0.717, 1.165) is 18.7 Å². The molecule has 1 saturated heterocycles. The number of nitrogens with zero attached hydrogens (tertiary/aromatic N) is 2. The average molecular weight is 469 g/mol. The Morgan fingerprint density at radius 2 is 2.10 bits per heavy atom. The second-order valence-corrected chi connectivity index (χ2v) is 8.63. The summed E-state index contributed by atoms with van der Waals surface area (Å²) in [5.41, 5.74) is 6.61. The van der Waals surface area contributed by atoms with E-state index in [4.69, 9.17) is 33.7 Å². The Kier molecular flexibility index (Phi) is 8.35. The molecule has 160 valence electrons. The third-order valence-corrected chi connectivity index (χ3v) is 6.19. The van der Waals surface area contributed by atoms with E-state index < -0.39 is 5.91 Å². The predicted molar refractivity (Wildman–Crippen MR) is 118 cm³/mol. The summed E-state index contributed by atoms with van der Waals surface area (Å²) < 4.78 is 5.77. The molecule has 30 heavy (non-hydrogen) atoms. The number of thioether (sulfide) groups is 1. The number of carbonyl (C=O) groups is 2. The van der Waals surface area contributed by atoms with Crippen molar-refractivity contribution in [1.82, 2.24) is 15.2 Å². The van der Waals surface area contributed by atoms with E-state index in [1.807, 2.05) is 12.1 Å². The number of carbonyl (C=O) groups excluding carboxylic acids is 2. The van der Waals surface area contributed by atoms with Crippen molar-refractivity contribution in [2.45, 2.75) is 17.7 Å². The van der Waals surface area contributed by atoms with Crippen LogP contribution in [0.25, 0.3) is 0 Å². The molecule has 0 radical (unpaired) electrons. The van der Waals surface area contributed by atoms with Gasteiger partial charge in [-0.2, -0.15) is 0 Å². The standard InChI is InChI=1S/C20H22Cl2N4O3S/c21-16-3-1-13(7-17(16)22)10-26-5-6-29-15(11-26)9-24-18(27)12-30-19-4-2-14(8-25-19)20(23)28/h1-4,7-8,15H,5-6,9-12H2,(H2,23,28)(H,24,27)/t15-/m0/s1. The van der Waals surface area contributed by atoms with Gasteiger partial charge in [-0.3, -0.25) is 14.5 Å². The van der Waals surface area contributed by atoms with Crippen LogP contribution in [0.2, 0.25) is 10.0 Å². The second-order valence-electron chi connectivity index (χ2n) is 6.82. The van der Waals surface area contributed by atoms with E-state index in [-0.39, 0.29) is 17.8 Å². The van der Waals surface area contributed by atoms with Crippen LogP contribution >= 0.6 is 35.0 Å². The SMILES string of the molecule is NC(=O)c1ccc(SCC(=O)NC[C@H]2CN(Cc3ccc(Cl)c(Cl)c3)CCO2)nc1. The molecule has 3 rings (SSSR count). The highest BCUT2D eigenvalue weighted by molar-refractivity contribution is 7.99. The van der Waals surface area contributed by atoms with Crippen molar-refractivity contribution in [2.24, 2.45) is 5.73 Å². The maximum absolute atomic E-state index is 12.1. The van der Waals surface area contributed by atoms with Crippen molar-refractivity contribution < 1.29 is 14.3 Å². The quantitative estimate of drug-likeness (QED) is 0.577. The number of morpholine rings is 1. The van der Waals surface area contributed by atoms with Gasteiger partial charge in [0.05, 0.1) is 39.1 Å². The van der Waals surface area contributed by atoms with Crippen LogP contribution in [0.5, 0.6) is 0 Å². The average Bonchev–Trinajstić information content (AvgIpc) is 2.74. The van der Waals surface area contributed by atoms with Gasteiger partial charge in [-0.25, -0.2) is 4.98 Å². The zero-order chi connectivity index (χ0) is 21.5. The molecule has 1 aromatic carbocycles. The molecule has 2 heterocycles. The Morgan fingerprint density at radius 3 is 2.80 bits per heavy atom. The van der Waals surface area contributed by atoms with Gasteiger partial charge in [0.25, 0.3) is 0 Å². The van der Waals surface area contributed by atoms with Crippen molar-refractivity contribution >= 4 is 46.8 Å². The van der Waals surface area contributed by atoms with Crippen molar-refractivity contribution in [1.29, 1.82) is 0 Å². The van der Waals surface area contributed by atoms with Gasteiger partial charge in [0, 0.05) is 32.4 Å². The number of nitrogens with one attached hydrogen (secondary N) is 1. The first-order valence-corrected chi connectivity index (χ1v) is 11.1. The van der Waals surface area contributed by atoms with Crippen molar-refractivity contribution in [3.8, 4) is 0 Å². The number of hydrogen-bond acceptors (Lipinski definition) is 6. The minimum absolute atomic E-state index is 0.0801.